The second-order valence-electron chi connectivity index (χ2n) is 5.13. The fraction of sp³-hybridized carbons (Fsp3) is 0.600. The summed E-state index contributed by atoms with van der Waals surface area (Å²) in [4.78, 5) is 1.34. The molecular formula is C15H24BrNS. The van der Waals surface area contributed by atoms with E-state index < -0.39 is 0 Å². The molecule has 3 heteroatoms. The molecular weight excluding hydrogens is 306 g/mol. The van der Waals surface area contributed by atoms with Gasteiger partial charge in [0, 0.05) is 21.2 Å². The topological polar surface area (TPSA) is 12.0 Å². The van der Waals surface area contributed by atoms with Crippen LogP contribution in [0.5, 0.6) is 0 Å². The molecule has 0 bridgehead atoms. The fourth-order valence-electron chi connectivity index (χ4n) is 1.56. The normalized spacial score (nSPS) is 13.0. The zero-order chi connectivity index (χ0) is 13.5. The third-order valence-corrected chi connectivity index (χ3v) is 5.05. The van der Waals surface area contributed by atoms with Crippen molar-refractivity contribution in [1.29, 1.82) is 0 Å². The van der Waals surface area contributed by atoms with Crippen molar-refractivity contribution in [3.05, 3.63) is 28.2 Å². The van der Waals surface area contributed by atoms with Gasteiger partial charge in [0.25, 0.3) is 0 Å². The molecule has 1 aromatic rings. The molecule has 1 rings (SSSR count). The molecule has 0 aromatic heterocycles. The maximum atomic E-state index is 3.68. The summed E-state index contributed by atoms with van der Waals surface area (Å²) in [7, 11) is 0. The minimum Gasteiger partial charge on any atom is -0.312 e. The lowest BCUT2D eigenvalue weighted by Crippen LogP contribution is -2.18. The highest BCUT2D eigenvalue weighted by Gasteiger charge is 2.06. The molecule has 0 saturated heterocycles. The highest BCUT2D eigenvalue weighted by molar-refractivity contribution is 9.10. The molecule has 0 spiro atoms. The molecule has 0 fully saturated rings. The maximum Gasteiger partial charge on any atom is 0.0314 e. The molecule has 0 aliphatic carbocycles. The van der Waals surface area contributed by atoms with Gasteiger partial charge in [0.05, 0.1) is 0 Å². The van der Waals surface area contributed by atoms with E-state index in [1.54, 1.807) is 0 Å². The van der Waals surface area contributed by atoms with Gasteiger partial charge in [0.2, 0.25) is 0 Å². The Morgan fingerprint density at radius 3 is 2.56 bits per heavy atom. The Balaban J connectivity index is 2.56. The van der Waals surface area contributed by atoms with E-state index in [1.807, 2.05) is 11.8 Å². The summed E-state index contributed by atoms with van der Waals surface area (Å²) in [6.45, 7) is 11.0. The minimum atomic E-state index is 0.672. The first kappa shape index (κ1) is 16.1. The van der Waals surface area contributed by atoms with E-state index in [0.29, 0.717) is 11.2 Å². The Hall–Kier alpha value is 0.01000. The SMILES string of the molecule is CCC(C)Sc1ccc(CNCC(C)C)cc1Br. The molecule has 0 aliphatic heterocycles. The lowest BCUT2D eigenvalue weighted by Gasteiger charge is -2.12. The zero-order valence-electron chi connectivity index (χ0n) is 11.8. The van der Waals surface area contributed by atoms with Gasteiger partial charge in [-0.05, 0) is 52.5 Å². The van der Waals surface area contributed by atoms with Crippen molar-refractivity contribution in [2.45, 2.75) is 50.8 Å². The molecule has 18 heavy (non-hydrogen) atoms. The van der Waals surface area contributed by atoms with Crippen molar-refractivity contribution in [3.63, 3.8) is 0 Å². The summed E-state index contributed by atoms with van der Waals surface area (Å²) in [6, 6.07) is 6.69. The van der Waals surface area contributed by atoms with Crippen LogP contribution in [-0.4, -0.2) is 11.8 Å². The molecule has 1 nitrogen and oxygen atoms in total. The van der Waals surface area contributed by atoms with Gasteiger partial charge in [-0.1, -0.05) is 33.8 Å². The van der Waals surface area contributed by atoms with Crippen LogP contribution in [-0.2, 0) is 6.54 Å². The number of hydrogen-bond donors (Lipinski definition) is 1. The van der Waals surface area contributed by atoms with Crippen molar-refractivity contribution < 1.29 is 0 Å². The van der Waals surface area contributed by atoms with E-state index in [-0.39, 0.29) is 0 Å². The van der Waals surface area contributed by atoms with Crippen LogP contribution in [0.15, 0.2) is 27.6 Å². The van der Waals surface area contributed by atoms with Gasteiger partial charge in [0.15, 0.2) is 0 Å². The number of hydrogen-bond acceptors (Lipinski definition) is 2. The van der Waals surface area contributed by atoms with Crippen LogP contribution < -0.4 is 5.32 Å². The smallest absolute Gasteiger partial charge is 0.0314 e. The molecule has 102 valence electrons. The Morgan fingerprint density at radius 1 is 1.28 bits per heavy atom. The van der Waals surface area contributed by atoms with Crippen LogP contribution in [0.3, 0.4) is 0 Å². The summed E-state index contributed by atoms with van der Waals surface area (Å²) in [5, 5.41) is 4.14. The lowest BCUT2D eigenvalue weighted by atomic mass is 10.2. The molecule has 0 heterocycles. The van der Waals surface area contributed by atoms with Crippen LogP contribution in [0.1, 0.15) is 39.7 Å². The molecule has 0 aliphatic rings. The van der Waals surface area contributed by atoms with Gasteiger partial charge in [0.1, 0.15) is 0 Å². The second-order valence-corrected chi connectivity index (χ2v) is 7.46. The Kier molecular flexibility index (Phi) is 7.35. The number of nitrogens with one attached hydrogen (secondary N) is 1. The second kappa shape index (κ2) is 8.23. The van der Waals surface area contributed by atoms with E-state index in [2.05, 4.69) is 67.1 Å². The van der Waals surface area contributed by atoms with Crippen LogP contribution in [0.4, 0.5) is 0 Å². The highest BCUT2D eigenvalue weighted by Crippen LogP contribution is 2.32. The van der Waals surface area contributed by atoms with Crippen molar-refractivity contribution >= 4 is 27.7 Å². The number of thioether (sulfide) groups is 1. The van der Waals surface area contributed by atoms with E-state index in [1.165, 1.54) is 21.4 Å². The van der Waals surface area contributed by atoms with E-state index in [4.69, 9.17) is 0 Å². The van der Waals surface area contributed by atoms with Gasteiger partial charge < -0.3 is 5.32 Å². The largest absolute Gasteiger partial charge is 0.312 e. The number of benzene rings is 1. The van der Waals surface area contributed by atoms with Crippen molar-refractivity contribution in [2.24, 2.45) is 5.92 Å². The molecule has 1 atom stereocenters. The first-order valence-corrected chi connectivity index (χ1v) is 8.36. The summed E-state index contributed by atoms with van der Waals surface area (Å²) in [5.74, 6) is 0.702. The summed E-state index contributed by atoms with van der Waals surface area (Å²) >= 11 is 5.62. The lowest BCUT2D eigenvalue weighted by molar-refractivity contribution is 0.552. The Morgan fingerprint density at radius 2 is 2.00 bits per heavy atom. The van der Waals surface area contributed by atoms with Gasteiger partial charge in [-0.25, -0.2) is 0 Å². The number of halogens is 1. The third kappa shape index (κ3) is 5.77. The molecule has 0 saturated carbocycles. The Bertz CT molecular complexity index is 366. The summed E-state index contributed by atoms with van der Waals surface area (Å²) in [6.07, 6.45) is 1.20. The molecule has 0 radical (unpaired) electrons. The van der Waals surface area contributed by atoms with Crippen molar-refractivity contribution in [1.82, 2.24) is 5.32 Å². The van der Waals surface area contributed by atoms with E-state index in [0.717, 1.165) is 13.1 Å². The average Bonchev–Trinajstić information content (AvgIpc) is 2.32. The van der Waals surface area contributed by atoms with Gasteiger partial charge in [-0.2, -0.15) is 0 Å². The van der Waals surface area contributed by atoms with Crippen molar-refractivity contribution in [2.75, 3.05) is 6.54 Å². The molecule has 1 N–H and O–H groups in total. The predicted octanol–water partition coefficient (Wildman–Crippen LogP) is 5.09. The summed E-state index contributed by atoms with van der Waals surface area (Å²) < 4.78 is 1.22. The maximum absolute atomic E-state index is 3.68. The summed E-state index contributed by atoms with van der Waals surface area (Å²) in [5.41, 5.74) is 1.34. The predicted molar refractivity (Wildman–Crippen MR) is 86.3 cm³/mol. The van der Waals surface area contributed by atoms with Crippen LogP contribution >= 0.6 is 27.7 Å². The van der Waals surface area contributed by atoms with E-state index >= 15 is 0 Å². The van der Waals surface area contributed by atoms with Crippen molar-refractivity contribution in [3.8, 4) is 0 Å². The number of rotatable bonds is 7. The average molecular weight is 330 g/mol. The van der Waals surface area contributed by atoms with Crippen LogP contribution in [0.25, 0.3) is 0 Å². The first-order chi connectivity index (χ1) is 8.52. The monoisotopic (exact) mass is 329 g/mol. The third-order valence-electron chi connectivity index (χ3n) is 2.78. The fourth-order valence-corrected chi connectivity index (χ4v) is 3.18. The van der Waals surface area contributed by atoms with Crippen LogP contribution in [0, 0.1) is 5.92 Å². The minimum absolute atomic E-state index is 0.672. The molecule has 0 amide bonds. The van der Waals surface area contributed by atoms with Gasteiger partial charge in [-0.3, -0.25) is 0 Å². The standard InChI is InChI=1S/C15H24BrNS/c1-5-12(4)18-15-7-6-13(8-14(15)16)10-17-9-11(2)3/h6-8,11-12,17H,5,9-10H2,1-4H3. The van der Waals surface area contributed by atoms with E-state index in [9.17, 15) is 0 Å². The van der Waals surface area contributed by atoms with Crippen LogP contribution in [0.2, 0.25) is 0 Å². The highest BCUT2D eigenvalue weighted by atomic mass is 79.9. The molecule has 1 aromatic carbocycles. The molecule has 1 unspecified atom stereocenters. The van der Waals surface area contributed by atoms with Gasteiger partial charge in [-0.15, -0.1) is 11.8 Å². The first-order valence-electron chi connectivity index (χ1n) is 6.68. The quantitative estimate of drug-likeness (QED) is 0.699. The van der Waals surface area contributed by atoms with Gasteiger partial charge >= 0.3 is 0 Å². The zero-order valence-corrected chi connectivity index (χ0v) is 14.2. The Labute approximate surface area is 124 Å².